The zero-order chi connectivity index (χ0) is 16.5. The third-order valence-corrected chi connectivity index (χ3v) is 5.21. The third kappa shape index (κ3) is 2.57. The number of thiazole rings is 1. The molecule has 4 nitrogen and oxygen atoms in total. The lowest BCUT2D eigenvalue weighted by Gasteiger charge is -2.23. The number of nitrogens with one attached hydrogen (secondary N) is 1. The molecule has 0 bridgehead atoms. The van der Waals surface area contributed by atoms with Gasteiger partial charge in [0.15, 0.2) is 0 Å². The van der Waals surface area contributed by atoms with Gasteiger partial charge in [-0.05, 0) is 37.1 Å². The average Bonchev–Trinajstić information content (AvgIpc) is 3.21. The minimum absolute atomic E-state index is 0.102. The van der Waals surface area contributed by atoms with E-state index in [1.165, 1.54) is 22.6 Å². The molecule has 0 unspecified atom stereocenters. The highest BCUT2D eigenvalue weighted by atomic mass is 32.1. The highest BCUT2D eigenvalue weighted by molar-refractivity contribution is 7.12. The van der Waals surface area contributed by atoms with Crippen LogP contribution >= 0.6 is 11.3 Å². The molecule has 120 valence electrons. The summed E-state index contributed by atoms with van der Waals surface area (Å²) in [6.07, 6.45) is 1.02. The zero-order valence-corrected chi connectivity index (χ0v) is 14.1. The second kappa shape index (κ2) is 6.09. The van der Waals surface area contributed by atoms with Gasteiger partial charge in [-0.3, -0.25) is 4.79 Å². The quantitative estimate of drug-likeness (QED) is 0.772. The Morgan fingerprint density at radius 3 is 2.67 bits per heavy atom. The van der Waals surface area contributed by atoms with Gasteiger partial charge in [-0.15, -0.1) is 11.3 Å². The molecule has 1 amide bonds. The van der Waals surface area contributed by atoms with Gasteiger partial charge in [0.05, 0.1) is 22.6 Å². The summed E-state index contributed by atoms with van der Waals surface area (Å²) in [6, 6.07) is 16.4. The van der Waals surface area contributed by atoms with Crippen molar-refractivity contribution in [3.63, 3.8) is 0 Å². The molecule has 4 rings (SSSR count). The lowest BCUT2D eigenvalue weighted by Crippen LogP contribution is -2.18. The fourth-order valence-electron chi connectivity index (χ4n) is 3.10. The summed E-state index contributed by atoms with van der Waals surface area (Å²) in [5, 5.41) is 3.05. The molecule has 24 heavy (non-hydrogen) atoms. The van der Waals surface area contributed by atoms with E-state index in [0.717, 1.165) is 30.0 Å². The number of carbonyl (C=O) groups is 1. The predicted octanol–water partition coefficient (Wildman–Crippen LogP) is 4.40. The second-order valence-electron chi connectivity index (χ2n) is 5.77. The van der Waals surface area contributed by atoms with Gasteiger partial charge in [-0.2, -0.15) is 0 Å². The van der Waals surface area contributed by atoms with Crippen LogP contribution in [0.1, 0.15) is 20.9 Å². The van der Waals surface area contributed by atoms with E-state index in [1.807, 2.05) is 25.1 Å². The van der Waals surface area contributed by atoms with Crippen LogP contribution in [-0.2, 0) is 6.42 Å². The van der Waals surface area contributed by atoms with Gasteiger partial charge in [-0.1, -0.05) is 30.3 Å². The van der Waals surface area contributed by atoms with E-state index in [2.05, 4.69) is 45.5 Å². The number of fused-ring (bicyclic) bond motifs is 1. The first-order chi connectivity index (χ1) is 11.7. The first-order valence-corrected chi connectivity index (χ1v) is 8.78. The maximum atomic E-state index is 12.5. The Balaban J connectivity index is 1.67. The molecule has 2 heterocycles. The maximum Gasteiger partial charge on any atom is 0.267 e. The van der Waals surface area contributed by atoms with Gasteiger partial charge in [0.2, 0.25) is 0 Å². The lowest BCUT2D eigenvalue weighted by atomic mass is 10.1. The Bertz CT molecular complexity index is 903. The molecule has 0 aliphatic carbocycles. The highest BCUT2D eigenvalue weighted by Gasteiger charge is 2.22. The molecule has 3 aromatic rings. The first-order valence-electron chi connectivity index (χ1n) is 7.90. The predicted molar refractivity (Wildman–Crippen MR) is 98.4 cm³/mol. The molecule has 2 aromatic carbocycles. The number of nitrogens with zero attached hydrogens (tertiary/aromatic N) is 2. The van der Waals surface area contributed by atoms with Crippen molar-refractivity contribution >= 4 is 34.3 Å². The average molecular weight is 335 g/mol. The molecule has 5 heteroatoms. The van der Waals surface area contributed by atoms with Gasteiger partial charge < -0.3 is 10.2 Å². The zero-order valence-electron chi connectivity index (χ0n) is 13.3. The number of para-hydroxylation sites is 3. The van der Waals surface area contributed by atoms with Crippen molar-refractivity contribution in [1.29, 1.82) is 0 Å². The van der Waals surface area contributed by atoms with Crippen LogP contribution < -0.4 is 10.2 Å². The number of benzene rings is 2. The first kappa shape index (κ1) is 14.9. The van der Waals surface area contributed by atoms with Crippen molar-refractivity contribution < 1.29 is 4.79 Å². The normalized spacial score (nSPS) is 13.0. The van der Waals surface area contributed by atoms with Gasteiger partial charge in [0.1, 0.15) is 4.88 Å². The van der Waals surface area contributed by atoms with E-state index < -0.39 is 0 Å². The fourth-order valence-corrected chi connectivity index (χ4v) is 3.80. The Morgan fingerprint density at radius 2 is 1.88 bits per heavy atom. The molecule has 0 radical (unpaired) electrons. The molecular weight excluding hydrogens is 318 g/mol. The molecule has 1 aromatic heterocycles. The summed E-state index contributed by atoms with van der Waals surface area (Å²) in [7, 11) is 0. The highest BCUT2D eigenvalue weighted by Crippen LogP contribution is 2.38. The Kier molecular flexibility index (Phi) is 3.78. The maximum absolute atomic E-state index is 12.5. The number of carbonyl (C=O) groups excluding carboxylic acids is 1. The molecule has 0 atom stereocenters. The van der Waals surface area contributed by atoms with E-state index in [1.54, 1.807) is 5.51 Å². The summed E-state index contributed by atoms with van der Waals surface area (Å²) >= 11 is 1.37. The van der Waals surface area contributed by atoms with Crippen molar-refractivity contribution in [3.05, 3.63) is 70.2 Å². The Labute approximate surface area is 144 Å². The van der Waals surface area contributed by atoms with Crippen LogP contribution in [0.25, 0.3) is 0 Å². The van der Waals surface area contributed by atoms with Gasteiger partial charge in [-0.25, -0.2) is 4.98 Å². The molecule has 0 saturated heterocycles. The Morgan fingerprint density at radius 1 is 1.12 bits per heavy atom. The molecule has 0 saturated carbocycles. The van der Waals surface area contributed by atoms with Crippen LogP contribution in [0.4, 0.5) is 17.1 Å². The molecule has 1 aliphatic heterocycles. The smallest absolute Gasteiger partial charge is 0.267 e. The number of anilines is 3. The Hall–Kier alpha value is -2.66. The number of rotatable bonds is 3. The third-order valence-electron chi connectivity index (χ3n) is 4.28. The summed E-state index contributed by atoms with van der Waals surface area (Å²) in [6.45, 7) is 2.78. The fraction of sp³-hybridized carbons (Fsp3) is 0.158. The van der Waals surface area contributed by atoms with E-state index in [9.17, 15) is 4.79 Å². The molecule has 0 spiro atoms. The molecular formula is C19H17N3OS. The van der Waals surface area contributed by atoms with Crippen LogP contribution in [0.3, 0.4) is 0 Å². The van der Waals surface area contributed by atoms with E-state index in [4.69, 9.17) is 0 Å². The van der Waals surface area contributed by atoms with E-state index in [-0.39, 0.29) is 5.91 Å². The van der Waals surface area contributed by atoms with Crippen molar-refractivity contribution in [2.45, 2.75) is 13.3 Å². The summed E-state index contributed by atoms with van der Waals surface area (Å²) < 4.78 is 0. The molecule has 1 aliphatic rings. The minimum Gasteiger partial charge on any atom is -0.339 e. The van der Waals surface area contributed by atoms with Crippen molar-refractivity contribution in [3.8, 4) is 0 Å². The van der Waals surface area contributed by atoms with Crippen LogP contribution in [0.5, 0.6) is 0 Å². The molecule has 1 N–H and O–H groups in total. The van der Waals surface area contributed by atoms with Gasteiger partial charge in [0.25, 0.3) is 5.91 Å². The standard InChI is InChI=1S/C19H17N3OS/c1-13-18(24-12-20-13)19(23)21-15-7-3-5-9-17(15)22-11-10-14-6-2-4-8-16(14)22/h2-9,12H,10-11H2,1H3,(H,21,23). The van der Waals surface area contributed by atoms with E-state index in [0.29, 0.717) is 4.88 Å². The monoisotopic (exact) mass is 335 g/mol. The van der Waals surface area contributed by atoms with Crippen molar-refractivity contribution in [2.24, 2.45) is 0 Å². The van der Waals surface area contributed by atoms with Crippen LogP contribution in [0, 0.1) is 6.92 Å². The van der Waals surface area contributed by atoms with Crippen molar-refractivity contribution in [1.82, 2.24) is 4.98 Å². The number of hydrogen-bond acceptors (Lipinski definition) is 4. The van der Waals surface area contributed by atoms with Gasteiger partial charge in [0, 0.05) is 12.2 Å². The number of hydrogen-bond donors (Lipinski definition) is 1. The minimum atomic E-state index is -0.102. The van der Waals surface area contributed by atoms with Gasteiger partial charge >= 0.3 is 0 Å². The summed E-state index contributed by atoms with van der Waals surface area (Å²) in [5.74, 6) is -0.102. The summed E-state index contributed by atoms with van der Waals surface area (Å²) in [5.41, 5.74) is 6.88. The largest absolute Gasteiger partial charge is 0.339 e. The number of aryl methyl sites for hydroxylation is 1. The lowest BCUT2D eigenvalue weighted by molar-refractivity contribution is 0.103. The number of aromatic nitrogens is 1. The molecule has 0 fully saturated rings. The number of amides is 1. The summed E-state index contributed by atoms with van der Waals surface area (Å²) in [4.78, 5) is 19.6. The SMILES string of the molecule is Cc1ncsc1C(=O)Nc1ccccc1N1CCc2ccccc21. The van der Waals surface area contributed by atoms with E-state index >= 15 is 0 Å². The topological polar surface area (TPSA) is 45.2 Å². The van der Waals surface area contributed by atoms with Crippen LogP contribution in [0.2, 0.25) is 0 Å². The van der Waals surface area contributed by atoms with Crippen molar-refractivity contribution in [2.75, 3.05) is 16.8 Å². The second-order valence-corrected chi connectivity index (χ2v) is 6.62. The van der Waals surface area contributed by atoms with Crippen LogP contribution in [-0.4, -0.2) is 17.4 Å². The van der Waals surface area contributed by atoms with Crippen LogP contribution in [0.15, 0.2) is 54.0 Å².